The van der Waals surface area contributed by atoms with Crippen molar-refractivity contribution in [3.63, 3.8) is 0 Å². The fraction of sp³-hybridized carbons (Fsp3) is 0.154. The van der Waals surface area contributed by atoms with Crippen molar-refractivity contribution in [2.45, 2.75) is 13.0 Å². The molecular formula is C13H11NO4. The van der Waals surface area contributed by atoms with Gasteiger partial charge in [-0.2, -0.15) is 0 Å². The maximum absolute atomic E-state index is 11.9. The SMILES string of the molecule is CC1=C(c2cccc(C(=O)O)c2)C(=O)C(O)C=N1. The molecule has 0 amide bonds. The molecule has 0 spiro atoms. The number of aromatic carboxylic acids is 1. The minimum Gasteiger partial charge on any atom is -0.478 e. The van der Waals surface area contributed by atoms with Crippen LogP contribution in [0.5, 0.6) is 0 Å². The van der Waals surface area contributed by atoms with Gasteiger partial charge in [0.25, 0.3) is 0 Å². The van der Waals surface area contributed by atoms with Gasteiger partial charge in [0.2, 0.25) is 0 Å². The Balaban J connectivity index is 2.54. The molecule has 2 rings (SSSR count). The van der Waals surface area contributed by atoms with E-state index in [0.29, 0.717) is 11.3 Å². The molecule has 1 atom stereocenters. The van der Waals surface area contributed by atoms with Crippen molar-refractivity contribution in [3.8, 4) is 0 Å². The van der Waals surface area contributed by atoms with Gasteiger partial charge in [-0.25, -0.2) is 4.79 Å². The van der Waals surface area contributed by atoms with Crippen molar-refractivity contribution in [1.82, 2.24) is 0 Å². The number of nitrogens with zero attached hydrogens (tertiary/aromatic N) is 1. The van der Waals surface area contributed by atoms with Crippen LogP contribution >= 0.6 is 0 Å². The van der Waals surface area contributed by atoms with Crippen LogP contribution in [-0.4, -0.2) is 34.3 Å². The number of rotatable bonds is 2. The first-order valence-corrected chi connectivity index (χ1v) is 5.32. The van der Waals surface area contributed by atoms with Gasteiger partial charge >= 0.3 is 5.97 Å². The van der Waals surface area contributed by atoms with Crippen LogP contribution in [0.1, 0.15) is 22.8 Å². The van der Waals surface area contributed by atoms with E-state index in [1.165, 1.54) is 18.3 Å². The molecule has 92 valence electrons. The molecule has 0 saturated heterocycles. The summed E-state index contributed by atoms with van der Waals surface area (Å²) in [5, 5.41) is 18.4. The summed E-state index contributed by atoms with van der Waals surface area (Å²) in [5.41, 5.74) is 1.26. The Hall–Kier alpha value is -2.27. The van der Waals surface area contributed by atoms with Crippen molar-refractivity contribution < 1.29 is 19.8 Å². The van der Waals surface area contributed by atoms with Gasteiger partial charge in [-0.3, -0.25) is 9.79 Å². The van der Waals surface area contributed by atoms with Crippen LogP contribution in [0.15, 0.2) is 35.0 Å². The van der Waals surface area contributed by atoms with E-state index in [4.69, 9.17) is 5.11 Å². The van der Waals surface area contributed by atoms with Crippen molar-refractivity contribution in [2.75, 3.05) is 0 Å². The molecule has 1 aliphatic rings. The first-order chi connectivity index (χ1) is 8.50. The lowest BCUT2D eigenvalue weighted by Gasteiger charge is -2.15. The van der Waals surface area contributed by atoms with Gasteiger partial charge in [-0.05, 0) is 24.6 Å². The number of hydrogen-bond acceptors (Lipinski definition) is 4. The molecule has 1 heterocycles. The number of hydrogen-bond donors (Lipinski definition) is 2. The molecular weight excluding hydrogens is 234 g/mol. The molecule has 1 aromatic carbocycles. The number of allylic oxidation sites excluding steroid dienone is 1. The molecule has 0 saturated carbocycles. The predicted octanol–water partition coefficient (Wildman–Crippen LogP) is 1.13. The largest absolute Gasteiger partial charge is 0.478 e. The molecule has 5 nitrogen and oxygen atoms in total. The first-order valence-electron chi connectivity index (χ1n) is 5.32. The van der Waals surface area contributed by atoms with E-state index in [0.717, 1.165) is 0 Å². The fourth-order valence-corrected chi connectivity index (χ4v) is 1.80. The van der Waals surface area contributed by atoms with Crippen LogP contribution in [0.3, 0.4) is 0 Å². The zero-order valence-corrected chi connectivity index (χ0v) is 9.62. The number of ketones is 1. The zero-order valence-electron chi connectivity index (χ0n) is 9.62. The second-order valence-electron chi connectivity index (χ2n) is 3.93. The van der Waals surface area contributed by atoms with E-state index >= 15 is 0 Å². The lowest BCUT2D eigenvalue weighted by atomic mass is 9.94. The topological polar surface area (TPSA) is 87.0 Å². The highest BCUT2D eigenvalue weighted by atomic mass is 16.4. The third-order valence-corrected chi connectivity index (χ3v) is 2.68. The summed E-state index contributed by atoms with van der Waals surface area (Å²) >= 11 is 0. The minimum absolute atomic E-state index is 0.0876. The Morgan fingerprint density at radius 1 is 1.39 bits per heavy atom. The summed E-state index contributed by atoms with van der Waals surface area (Å²) in [6.45, 7) is 1.64. The number of aliphatic hydroxyl groups is 1. The molecule has 1 aliphatic heterocycles. The van der Waals surface area contributed by atoms with Crippen LogP contribution < -0.4 is 0 Å². The van der Waals surface area contributed by atoms with Gasteiger partial charge in [-0.1, -0.05) is 12.1 Å². The summed E-state index contributed by atoms with van der Waals surface area (Å²) in [6, 6.07) is 6.01. The third kappa shape index (κ3) is 2.08. The molecule has 5 heteroatoms. The van der Waals surface area contributed by atoms with E-state index < -0.39 is 17.9 Å². The van der Waals surface area contributed by atoms with Crippen molar-refractivity contribution in [1.29, 1.82) is 0 Å². The lowest BCUT2D eigenvalue weighted by Crippen LogP contribution is -2.26. The highest BCUT2D eigenvalue weighted by Crippen LogP contribution is 2.25. The quantitative estimate of drug-likeness (QED) is 0.817. The van der Waals surface area contributed by atoms with Gasteiger partial charge < -0.3 is 10.2 Å². The Morgan fingerprint density at radius 2 is 2.11 bits per heavy atom. The maximum atomic E-state index is 11.9. The van der Waals surface area contributed by atoms with Gasteiger partial charge in [0.05, 0.1) is 5.56 Å². The smallest absolute Gasteiger partial charge is 0.335 e. The standard InChI is InChI=1S/C13H11NO4/c1-7-11(12(16)10(15)6-14-7)8-3-2-4-9(5-8)13(17)18/h2-6,10,15H,1H3,(H,17,18). The number of carbonyl (C=O) groups excluding carboxylic acids is 1. The average Bonchev–Trinajstić information content (AvgIpc) is 2.35. The van der Waals surface area contributed by atoms with E-state index in [9.17, 15) is 14.7 Å². The first kappa shape index (κ1) is 12.2. The van der Waals surface area contributed by atoms with Crippen molar-refractivity contribution >= 4 is 23.5 Å². The molecule has 0 bridgehead atoms. The van der Waals surface area contributed by atoms with Gasteiger partial charge in [-0.15, -0.1) is 0 Å². The van der Waals surface area contributed by atoms with E-state index in [2.05, 4.69) is 4.99 Å². The monoisotopic (exact) mass is 245 g/mol. The molecule has 0 aliphatic carbocycles. The highest BCUT2D eigenvalue weighted by Gasteiger charge is 2.25. The van der Waals surface area contributed by atoms with Crippen LogP contribution in [-0.2, 0) is 4.79 Å². The number of aliphatic hydroxyl groups excluding tert-OH is 1. The number of carboxylic acid groups (broad SMARTS) is 1. The lowest BCUT2D eigenvalue weighted by molar-refractivity contribution is -0.118. The second kappa shape index (κ2) is 4.54. The minimum atomic E-state index is -1.27. The zero-order chi connectivity index (χ0) is 13.3. The van der Waals surface area contributed by atoms with Crippen LogP contribution in [0, 0.1) is 0 Å². The Labute approximate surface area is 103 Å². The Morgan fingerprint density at radius 3 is 2.78 bits per heavy atom. The number of carboxylic acids is 1. The third-order valence-electron chi connectivity index (χ3n) is 2.68. The van der Waals surface area contributed by atoms with E-state index in [-0.39, 0.29) is 11.1 Å². The summed E-state index contributed by atoms with van der Waals surface area (Å²) in [4.78, 5) is 26.7. The molecule has 0 fully saturated rings. The number of carbonyl (C=O) groups is 2. The summed E-state index contributed by atoms with van der Waals surface area (Å²) in [7, 11) is 0. The number of benzene rings is 1. The fourth-order valence-electron chi connectivity index (χ4n) is 1.80. The second-order valence-corrected chi connectivity index (χ2v) is 3.93. The van der Waals surface area contributed by atoms with E-state index in [1.54, 1.807) is 19.1 Å². The van der Waals surface area contributed by atoms with Crippen LogP contribution in [0.25, 0.3) is 5.57 Å². The predicted molar refractivity (Wildman–Crippen MR) is 65.5 cm³/mol. The van der Waals surface area contributed by atoms with Crippen molar-refractivity contribution in [2.24, 2.45) is 4.99 Å². The Kier molecular flexibility index (Phi) is 3.08. The van der Waals surface area contributed by atoms with Gasteiger partial charge in [0, 0.05) is 17.5 Å². The summed E-state index contributed by atoms with van der Waals surface area (Å²) in [5.74, 6) is -1.53. The Bertz CT molecular complexity index is 586. The molecule has 0 radical (unpaired) electrons. The van der Waals surface area contributed by atoms with E-state index in [1.807, 2.05) is 0 Å². The molecule has 0 aromatic heterocycles. The normalized spacial score (nSPS) is 19.2. The average molecular weight is 245 g/mol. The maximum Gasteiger partial charge on any atom is 0.335 e. The van der Waals surface area contributed by atoms with Crippen LogP contribution in [0.4, 0.5) is 0 Å². The molecule has 18 heavy (non-hydrogen) atoms. The number of aliphatic imine (C=N–C) groups is 1. The van der Waals surface area contributed by atoms with Gasteiger partial charge in [0.1, 0.15) is 0 Å². The van der Waals surface area contributed by atoms with Crippen molar-refractivity contribution in [3.05, 3.63) is 41.1 Å². The van der Waals surface area contributed by atoms with Crippen LogP contribution in [0.2, 0.25) is 0 Å². The van der Waals surface area contributed by atoms with Gasteiger partial charge in [0.15, 0.2) is 11.9 Å². The molecule has 1 unspecified atom stereocenters. The number of Topliss-reactive ketones (excluding diaryl/α,β-unsaturated/α-hetero) is 1. The summed E-state index contributed by atoms with van der Waals surface area (Å²) < 4.78 is 0. The molecule has 1 aromatic rings. The highest BCUT2D eigenvalue weighted by molar-refractivity contribution is 6.29. The molecule has 2 N–H and O–H groups in total. The summed E-state index contributed by atoms with van der Waals surface area (Å²) in [6.07, 6.45) is -0.0976.